The standard InChI is InChI=1S/C19H20F6N2O3/c20-18(21,22)16(19(23,24)25)30-17(29)27-10-8-14(9-11-27)12-26-15(28)7-6-13-4-2-1-3-5-13/h1-7,14,16H,8-12H2,(H,26,28). The minimum atomic E-state index is -5.75. The van der Waals surface area contributed by atoms with Crippen LogP contribution >= 0.6 is 0 Å². The van der Waals surface area contributed by atoms with Crippen LogP contribution in [-0.4, -0.2) is 55.0 Å². The highest BCUT2D eigenvalue weighted by Crippen LogP contribution is 2.36. The average molecular weight is 438 g/mol. The molecule has 1 saturated heterocycles. The summed E-state index contributed by atoms with van der Waals surface area (Å²) in [5, 5.41) is 2.68. The fourth-order valence-corrected chi connectivity index (χ4v) is 2.85. The second-order valence-corrected chi connectivity index (χ2v) is 6.77. The van der Waals surface area contributed by atoms with Crippen molar-refractivity contribution in [1.29, 1.82) is 0 Å². The average Bonchev–Trinajstić information content (AvgIpc) is 2.68. The first-order valence-corrected chi connectivity index (χ1v) is 9.07. The molecule has 2 rings (SSSR count). The molecule has 1 aromatic rings. The number of rotatable bonds is 5. The molecule has 0 aromatic heterocycles. The molecule has 0 bridgehead atoms. The molecule has 166 valence electrons. The maximum absolute atomic E-state index is 12.5. The van der Waals surface area contributed by atoms with Gasteiger partial charge in [0.2, 0.25) is 5.91 Å². The Labute approximate surface area is 168 Å². The molecular formula is C19H20F6N2O3. The molecule has 1 N–H and O–H groups in total. The minimum absolute atomic E-state index is 0.0656. The Balaban J connectivity index is 1.77. The first-order chi connectivity index (χ1) is 14.0. The van der Waals surface area contributed by atoms with Gasteiger partial charge in [0.25, 0.3) is 6.10 Å². The third kappa shape index (κ3) is 7.27. The van der Waals surface area contributed by atoms with E-state index in [-0.39, 0.29) is 31.5 Å². The number of nitrogens with one attached hydrogen (secondary N) is 1. The van der Waals surface area contributed by atoms with Gasteiger partial charge in [-0.2, -0.15) is 26.3 Å². The van der Waals surface area contributed by atoms with Crippen LogP contribution in [0.25, 0.3) is 6.08 Å². The zero-order valence-corrected chi connectivity index (χ0v) is 15.7. The van der Waals surface area contributed by atoms with E-state index in [2.05, 4.69) is 10.1 Å². The summed E-state index contributed by atoms with van der Waals surface area (Å²) in [5.74, 6) is -0.400. The van der Waals surface area contributed by atoms with E-state index in [1.165, 1.54) is 6.08 Å². The summed E-state index contributed by atoms with van der Waals surface area (Å²) in [4.78, 5) is 24.4. The number of likely N-dealkylation sites (tertiary alicyclic amines) is 1. The second kappa shape index (κ2) is 9.86. The highest BCUT2D eigenvalue weighted by Gasteiger charge is 2.60. The zero-order valence-electron chi connectivity index (χ0n) is 15.7. The van der Waals surface area contributed by atoms with Crippen molar-refractivity contribution < 1.29 is 40.7 Å². The SMILES string of the molecule is O=C(C=Cc1ccccc1)NCC1CCN(C(=O)OC(C(F)(F)F)C(F)(F)F)CC1. The molecule has 1 aliphatic heterocycles. The lowest BCUT2D eigenvalue weighted by molar-refractivity contribution is -0.308. The van der Waals surface area contributed by atoms with Crippen molar-refractivity contribution in [2.45, 2.75) is 31.3 Å². The molecule has 1 aromatic carbocycles. The summed E-state index contributed by atoms with van der Waals surface area (Å²) in [6, 6.07) is 9.12. The van der Waals surface area contributed by atoms with E-state index in [0.717, 1.165) is 10.5 Å². The fourth-order valence-electron chi connectivity index (χ4n) is 2.85. The van der Waals surface area contributed by atoms with Crippen molar-refractivity contribution in [3.8, 4) is 0 Å². The molecule has 0 atom stereocenters. The minimum Gasteiger partial charge on any atom is -0.426 e. The Kier molecular flexibility index (Phi) is 7.74. The molecule has 0 radical (unpaired) electrons. The lowest BCUT2D eigenvalue weighted by atomic mass is 9.97. The number of piperidine rings is 1. The summed E-state index contributed by atoms with van der Waals surface area (Å²) < 4.78 is 78.6. The molecule has 1 heterocycles. The van der Waals surface area contributed by atoms with Gasteiger partial charge in [-0.25, -0.2) is 4.79 Å². The number of hydrogen-bond acceptors (Lipinski definition) is 3. The molecule has 5 nitrogen and oxygen atoms in total. The van der Waals surface area contributed by atoms with Crippen LogP contribution in [0, 0.1) is 5.92 Å². The Morgan fingerprint density at radius 2 is 1.63 bits per heavy atom. The number of carbonyl (C=O) groups excluding carboxylic acids is 2. The molecular weight excluding hydrogens is 418 g/mol. The quantitative estimate of drug-likeness (QED) is 0.555. The van der Waals surface area contributed by atoms with Crippen LogP contribution in [-0.2, 0) is 9.53 Å². The third-order valence-electron chi connectivity index (χ3n) is 4.48. The van der Waals surface area contributed by atoms with E-state index in [1.54, 1.807) is 6.08 Å². The van der Waals surface area contributed by atoms with E-state index in [9.17, 15) is 35.9 Å². The number of halogens is 6. The van der Waals surface area contributed by atoms with Crippen LogP contribution in [0.2, 0.25) is 0 Å². The third-order valence-corrected chi connectivity index (χ3v) is 4.48. The smallest absolute Gasteiger partial charge is 0.426 e. The highest BCUT2D eigenvalue weighted by molar-refractivity contribution is 5.91. The van der Waals surface area contributed by atoms with Crippen LogP contribution in [0.4, 0.5) is 31.1 Å². The van der Waals surface area contributed by atoms with Crippen LogP contribution in [0.5, 0.6) is 0 Å². The van der Waals surface area contributed by atoms with Gasteiger partial charge in [0.1, 0.15) is 0 Å². The van der Waals surface area contributed by atoms with Crippen molar-refractivity contribution in [1.82, 2.24) is 10.2 Å². The Morgan fingerprint density at radius 3 is 2.17 bits per heavy atom. The van der Waals surface area contributed by atoms with Crippen molar-refractivity contribution in [3.05, 3.63) is 42.0 Å². The number of nitrogens with zero attached hydrogens (tertiary/aromatic N) is 1. The van der Waals surface area contributed by atoms with Crippen molar-refractivity contribution in [2.75, 3.05) is 19.6 Å². The predicted molar refractivity (Wildman–Crippen MR) is 95.2 cm³/mol. The molecule has 30 heavy (non-hydrogen) atoms. The van der Waals surface area contributed by atoms with Crippen molar-refractivity contribution in [2.24, 2.45) is 5.92 Å². The van der Waals surface area contributed by atoms with E-state index >= 15 is 0 Å². The monoisotopic (exact) mass is 438 g/mol. The lowest BCUT2D eigenvalue weighted by Crippen LogP contribution is -2.49. The number of carbonyl (C=O) groups is 2. The fraction of sp³-hybridized carbons (Fsp3) is 0.474. The van der Waals surface area contributed by atoms with E-state index in [0.29, 0.717) is 12.8 Å². The molecule has 1 fully saturated rings. The molecule has 0 spiro atoms. The predicted octanol–water partition coefficient (Wildman–Crippen LogP) is 4.16. The van der Waals surface area contributed by atoms with Crippen molar-refractivity contribution >= 4 is 18.1 Å². The van der Waals surface area contributed by atoms with Gasteiger partial charge in [-0.3, -0.25) is 4.79 Å². The molecule has 0 unspecified atom stereocenters. The van der Waals surface area contributed by atoms with Gasteiger partial charge in [-0.15, -0.1) is 0 Å². The van der Waals surface area contributed by atoms with Crippen molar-refractivity contribution in [3.63, 3.8) is 0 Å². The van der Waals surface area contributed by atoms with Gasteiger partial charge in [0.15, 0.2) is 0 Å². The van der Waals surface area contributed by atoms with Crippen LogP contribution in [0.1, 0.15) is 18.4 Å². The lowest BCUT2D eigenvalue weighted by Gasteiger charge is -2.33. The van der Waals surface area contributed by atoms with E-state index in [4.69, 9.17) is 0 Å². The summed E-state index contributed by atoms with van der Waals surface area (Å²) >= 11 is 0. The van der Waals surface area contributed by atoms with Gasteiger partial charge in [0.05, 0.1) is 0 Å². The van der Waals surface area contributed by atoms with Crippen LogP contribution in [0.3, 0.4) is 0 Å². The topological polar surface area (TPSA) is 58.6 Å². The van der Waals surface area contributed by atoms with Gasteiger partial charge < -0.3 is 15.0 Å². The van der Waals surface area contributed by atoms with E-state index < -0.39 is 24.5 Å². The number of hydrogen-bond donors (Lipinski definition) is 1. The Hall–Kier alpha value is -2.72. The van der Waals surface area contributed by atoms with E-state index in [1.807, 2.05) is 30.3 Å². The second-order valence-electron chi connectivity index (χ2n) is 6.77. The maximum Gasteiger partial charge on any atom is 0.434 e. The summed E-state index contributed by atoms with van der Waals surface area (Å²) in [7, 11) is 0. The van der Waals surface area contributed by atoms with Crippen LogP contribution < -0.4 is 5.32 Å². The zero-order chi connectivity index (χ0) is 22.4. The summed E-state index contributed by atoms with van der Waals surface area (Å²) in [6.07, 6.45) is -13.7. The van der Waals surface area contributed by atoms with Gasteiger partial charge in [0, 0.05) is 25.7 Å². The van der Waals surface area contributed by atoms with Gasteiger partial charge in [-0.05, 0) is 30.4 Å². The largest absolute Gasteiger partial charge is 0.434 e. The number of amides is 2. The number of alkyl halides is 6. The first-order valence-electron chi connectivity index (χ1n) is 9.07. The molecule has 0 aliphatic carbocycles. The first kappa shape index (κ1) is 23.6. The van der Waals surface area contributed by atoms with Crippen LogP contribution in [0.15, 0.2) is 36.4 Å². The number of ether oxygens (including phenoxy) is 1. The van der Waals surface area contributed by atoms with Gasteiger partial charge in [-0.1, -0.05) is 30.3 Å². The van der Waals surface area contributed by atoms with Gasteiger partial charge >= 0.3 is 18.4 Å². The molecule has 2 amide bonds. The molecule has 1 aliphatic rings. The maximum atomic E-state index is 12.5. The molecule has 0 saturated carbocycles. The molecule has 11 heteroatoms. The summed E-state index contributed by atoms with van der Waals surface area (Å²) in [5.41, 5.74) is 0.843. The Morgan fingerprint density at radius 1 is 1.07 bits per heavy atom. The summed E-state index contributed by atoms with van der Waals surface area (Å²) in [6.45, 7) is 0.137. The normalized spacial score (nSPS) is 16.2. The Bertz CT molecular complexity index is 727. The highest BCUT2D eigenvalue weighted by atomic mass is 19.4. The number of benzene rings is 1.